The summed E-state index contributed by atoms with van der Waals surface area (Å²) < 4.78 is 1.36. The minimum atomic E-state index is -0.622. The molecule has 0 aliphatic heterocycles. The van der Waals surface area contributed by atoms with E-state index < -0.39 is 11.2 Å². The molecule has 1 aromatic heterocycles. The van der Waals surface area contributed by atoms with Crippen molar-refractivity contribution in [3.63, 3.8) is 0 Å². The SMILES string of the molecule is CCCCCN(C(=O)Cc1cccc2ccccc12)c1c(N)n(CCCC)c(=O)[nH]c1=O. The van der Waals surface area contributed by atoms with Crippen molar-refractivity contribution in [1.82, 2.24) is 9.55 Å². The summed E-state index contributed by atoms with van der Waals surface area (Å²) in [6.45, 7) is 4.86. The Bertz CT molecular complexity index is 1190. The summed E-state index contributed by atoms with van der Waals surface area (Å²) in [5.41, 5.74) is 6.10. The van der Waals surface area contributed by atoms with E-state index in [1.807, 2.05) is 49.4 Å². The van der Waals surface area contributed by atoms with Gasteiger partial charge in [-0.05, 0) is 29.2 Å². The molecule has 7 nitrogen and oxygen atoms in total. The van der Waals surface area contributed by atoms with Crippen molar-refractivity contribution < 1.29 is 4.79 Å². The molecule has 1 heterocycles. The number of nitrogens with one attached hydrogen (secondary N) is 1. The number of carbonyl (C=O) groups excluding carboxylic acids is 1. The summed E-state index contributed by atoms with van der Waals surface area (Å²) in [6.07, 6.45) is 4.40. The number of nitrogens with two attached hydrogens (primary N) is 1. The number of nitrogen functional groups attached to an aromatic ring is 1. The Balaban J connectivity index is 2.02. The monoisotopic (exact) mass is 436 g/mol. The molecule has 0 spiro atoms. The maximum atomic E-state index is 13.5. The molecule has 0 aliphatic carbocycles. The number of benzene rings is 2. The van der Waals surface area contributed by atoms with Gasteiger partial charge in [0.2, 0.25) is 5.91 Å². The highest BCUT2D eigenvalue weighted by atomic mass is 16.2. The van der Waals surface area contributed by atoms with E-state index >= 15 is 0 Å². The highest BCUT2D eigenvalue weighted by Gasteiger charge is 2.24. The van der Waals surface area contributed by atoms with E-state index in [0.717, 1.165) is 48.4 Å². The number of unbranched alkanes of at least 4 members (excludes halogenated alkanes) is 3. The van der Waals surface area contributed by atoms with Crippen molar-refractivity contribution in [2.24, 2.45) is 0 Å². The lowest BCUT2D eigenvalue weighted by Gasteiger charge is -2.25. The maximum Gasteiger partial charge on any atom is 0.330 e. The number of H-pyrrole nitrogens is 1. The van der Waals surface area contributed by atoms with Gasteiger partial charge in [-0.1, -0.05) is 75.6 Å². The standard InChI is InChI=1S/C25H32N4O3/c1-3-5-9-16-28(22-23(26)29(15-6-4-2)25(32)27-24(22)31)21(30)17-19-13-10-12-18-11-7-8-14-20(18)19/h7-8,10-14H,3-6,9,15-17,26H2,1-2H3,(H,27,31,32). The van der Waals surface area contributed by atoms with Crippen molar-refractivity contribution in [2.45, 2.75) is 58.9 Å². The first-order chi connectivity index (χ1) is 15.5. The van der Waals surface area contributed by atoms with Gasteiger partial charge in [0.25, 0.3) is 5.56 Å². The van der Waals surface area contributed by atoms with Crippen LogP contribution in [0.5, 0.6) is 0 Å². The van der Waals surface area contributed by atoms with Gasteiger partial charge in [0.1, 0.15) is 5.82 Å². The number of hydrogen-bond donors (Lipinski definition) is 2. The lowest BCUT2D eigenvalue weighted by atomic mass is 10.0. The molecular formula is C25H32N4O3. The Kier molecular flexibility index (Phi) is 7.87. The molecule has 1 amide bonds. The Morgan fingerprint density at radius 1 is 1.00 bits per heavy atom. The first kappa shape index (κ1) is 23.3. The van der Waals surface area contributed by atoms with Gasteiger partial charge in [-0.2, -0.15) is 0 Å². The predicted octanol–water partition coefficient (Wildman–Crippen LogP) is 3.84. The molecule has 170 valence electrons. The molecule has 7 heteroatoms. The first-order valence-electron chi connectivity index (χ1n) is 11.4. The summed E-state index contributed by atoms with van der Waals surface area (Å²) in [4.78, 5) is 42.4. The average Bonchev–Trinajstić information content (AvgIpc) is 2.78. The van der Waals surface area contributed by atoms with Crippen LogP contribution in [0.25, 0.3) is 10.8 Å². The number of fused-ring (bicyclic) bond motifs is 1. The number of aromatic amines is 1. The van der Waals surface area contributed by atoms with Gasteiger partial charge in [-0.25, -0.2) is 4.79 Å². The second-order valence-electron chi connectivity index (χ2n) is 8.07. The van der Waals surface area contributed by atoms with Crippen molar-refractivity contribution in [1.29, 1.82) is 0 Å². The van der Waals surface area contributed by atoms with Crippen LogP contribution in [0.1, 0.15) is 51.5 Å². The number of nitrogens with zero attached hydrogens (tertiary/aromatic N) is 2. The molecule has 0 saturated carbocycles. The average molecular weight is 437 g/mol. The lowest BCUT2D eigenvalue weighted by molar-refractivity contribution is -0.118. The molecule has 0 radical (unpaired) electrons. The van der Waals surface area contributed by atoms with Crippen LogP contribution in [-0.4, -0.2) is 22.0 Å². The third-order valence-corrected chi connectivity index (χ3v) is 5.73. The molecule has 3 N–H and O–H groups in total. The van der Waals surface area contributed by atoms with Crippen molar-refractivity contribution in [3.05, 3.63) is 68.9 Å². The van der Waals surface area contributed by atoms with Crippen LogP contribution in [0.3, 0.4) is 0 Å². The molecule has 0 saturated heterocycles. The summed E-state index contributed by atoms with van der Waals surface area (Å²) in [7, 11) is 0. The second-order valence-corrected chi connectivity index (χ2v) is 8.07. The zero-order chi connectivity index (χ0) is 23.1. The fourth-order valence-electron chi connectivity index (χ4n) is 3.96. The largest absolute Gasteiger partial charge is 0.383 e. The molecule has 0 aliphatic rings. The third-order valence-electron chi connectivity index (χ3n) is 5.73. The summed E-state index contributed by atoms with van der Waals surface area (Å²) in [5.74, 6) is -0.162. The van der Waals surface area contributed by atoms with Crippen LogP contribution in [-0.2, 0) is 17.8 Å². The van der Waals surface area contributed by atoms with Crippen LogP contribution in [0.2, 0.25) is 0 Å². The van der Waals surface area contributed by atoms with E-state index in [9.17, 15) is 14.4 Å². The minimum absolute atomic E-state index is 0.0509. The van der Waals surface area contributed by atoms with Crippen LogP contribution in [0.4, 0.5) is 11.5 Å². The quantitative estimate of drug-likeness (QED) is 0.472. The first-order valence-corrected chi connectivity index (χ1v) is 11.4. The number of amides is 1. The predicted molar refractivity (Wildman–Crippen MR) is 130 cm³/mol. The van der Waals surface area contributed by atoms with E-state index in [1.165, 1.54) is 9.47 Å². The molecule has 3 aromatic rings. The van der Waals surface area contributed by atoms with E-state index in [1.54, 1.807) is 0 Å². The van der Waals surface area contributed by atoms with Gasteiger partial charge >= 0.3 is 5.69 Å². The topological polar surface area (TPSA) is 101 Å². The zero-order valence-electron chi connectivity index (χ0n) is 18.9. The van der Waals surface area contributed by atoms with E-state index in [2.05, 4.69) is 11.9 Å². The van der Waals surface area contributed by atoms with Gasteiger partial charge in [-0.15, -0.1) is 0 Å². The van der Waals surface area contributed by atoms with Crippen LogP contribution in [0, 0.1) is 0 Å². The molecule has 0 atom stereocenters. The van der Waals surface area contributed by atoms with Crippen molar-refractivity contribution in [2.75, 3.05) is 17.2 Å². The van der Waals surface area contributed by atoms with Gasteiger partial charge < -0.3 is 10.6 Å². The number of aromatic nitrogens is 2. The third kappa shape index (κ3) is 5.10. The Morgan fingerprint density at radius 2 is 1.72 bits per heavy atom. The summed E-state index contributed by atoms with van der Waals surface area (Å²) >= 11 is 0. The molecule has 2 aromatic carbocycles. The lowest BCUT2D eigenvalue weighted by Crippen LogP contribution is -2.42. The smallest absolute Gasteiger partial charge is 0.330 e. The summed E-state index contributed by atoms with van der Waals surface area (Å²) in [5, 5.41) is 2.06. The van der Waals surface area contributed by atoms with Crippen molar-refractivity contribution >= 4 is 28.2 Å². The van der Waals surface area contributed by atoms with Crippen LogP contribution >= 0.6 is 0 Å². The van der Waals surface area contributed by atoms with Gasteiger partial charge in [0.05, 0.1) is 6.42 Å². The van der Waals surface area contributed by atoms with E-state index in [4.69, 9.17) is 5.73 Å². The van der Waals surface area contributed by atoms with Gasteiger partial charge in [0.15, 0.2) is 5.69 Å². The number of rotatable bonds is 10. The molecular weight excluding hydrogens is 404 g/mol. The Morgan fingerprint density at radius 3 is 2.47 bits per heavy atom. The maximum absolute atomic E-state index is 13.5. The second kappa shape index (κ2) is 10.8. The summed E-state index contributed by atoms with van der Waals surface area (Å²) in [6, 6.07) is 13.8. The van der Waals surface area contributed by atoms with E-state index in [0.29, 0.717) is 13.1 Å². The number of carbonyl (C=O) groups is 1. The number of hydrogen-bond acceptors (Lipinski definition) is 4. The molecule has 0 bridgehead atoms. The minimum Gasteiger partial charge on any atom is -0.383 e. The van der Waals surface area contributed by atoms with Crippen molar-refractivity contribution in [3.8, 4) is 0 Å². The van der Waals surface area contributed by atoms with Crippen LogP contribution < -0.4 is 21.9 Å². The normalized spacial score (nSPS) is 11.1. The van der Waals surface area contributed by atoms with Crippen LogP contribution in [0.15, 0.2) is 52.1 Å². The van der Waals surface area contributed by atoms with E-state index in [-0.39, 0.29) is 23.8 Å². The van der Waals surface area contributed by atoms with Gasteiger partial charge in [-0.3, -0.25) is 19.1 Å². The fraction of sp³-hybridized carbons (Fsp3) is 0.400. The fourth-order valence-corrected chi connectivity index (χ4v) is 3.96. The highest BCUT2D eigenvalue weighted by Crippen LogP contribution is 2.23. The molecule has 32 heavy (non-hydrogen) atoms. The molecule has 3 rings (SSSR count). The molecule has 0 unspecified atom stereocenters. The Labute approximate surface area is 187 Å². The number of anilines is 2. The highest BCUT2D eigenvalue weighted by molar-refractivity contribution is 5.99. The molecule has 0 fully saturated rings. The van der Waals surface area contributed by atoms with Gasteiger partial charge in [0, 0.05) is 13.1 Å². The Hall–Kier alpha value is -3.35. The zero-order valence-corrected chi connectivity index (χ0v) is 18.9.